The normalized spacial score (nSPS) is 12.9. The summed E-state index contributed by atoms with van der Waals surface area (Å²) in [5.41, 5.74) is 7.00. The molecule has 0 aliphatic heterocycles. The Balaban J connectivity index is 1.99. The van der Waals surface area contributed by atoms with Gasteiger partial charge in [0.2, 0.25) is 5.89 Å². The molecule has 102 valence electrons. The van der Waals surface area contributed by atoms with Gasteiger partial charge in [-0.3, -0.25) is 0 Å². The third-order valence-electron chi connectivity index (χ3n) is 2.73. The van der Waals surface area contributed by atoms with E-state index in [0.717, 1.165) is 10.6 Å². The van der Waals surface area contributed by atoms with Crippen LogP contribution in [0.2, 0.25) is 5.02 Å². The van der Waals surface area contributed by atoms with Gasteiger partial charge in [-0.25, -0.2) is 0 Å². The van der Waals surface area contributed by atoms with Gasteiger partial charge in [-0.05, 0) is 17.5 Å². The molecule has 0 fully saturated rings. The summed E-state index contributed by atoms with van der Waals surface area (Å²) in [4.78, 5) is 0. The van der Waals surface area contributed by atoms with E-state index in [1.807, 2.05) is 38.1 Å². The van der Waals surface area contributed by atoms with Crippen LogP contribution in [0.15, 0.2) is 33.9 Å². The Morgan fingerprint density at radius 3 is 2.74 bits per heavy atom. The maximum atomic E-state index is 6.09. The van der Waals surface area contributed by atoms with Crippen molar-refractivity contribution < 1.29 is 4.42 Å². The highest BCUT2D eigenvalue weighted by atomic mass is 35.5. The number of nitrogens with zero attached hydrogens (tertiary/aromatic N) is 2. The lowest BCUT2D eigenvalue weighted by Crippen LogP contribution is -2.16. The highest BCUT2D eigenvalue weighted by Gasteiger charge is 2.18. The zero-order chi connectivity index (χ0) is 13.8. The predicted molar refractivity (Wildman–Crippen MR) is 77.1 cm³/mol. The van der Waals surface area contributed by atoms with Crippen LogP contribution in [-0.2, 0) is 5.75 Å². The van der Waals surface area contributed by atoms with Gasteiger partial charge in [-0.2, -0.15) is 0 Å². The van der Waals surface area contributed by atoms with Crippen LogP contribution in [0.5, 0.6) is 0 Å². The number of halogens is 1. The lowest BCUT2D eigenvalue weighted by molar-refractivity contribution is 0.349. The second-order valence-electron chi connectivity index (χ2n) is 4.56. The van der Waals surface area contributed by atoms with Crippen molar-refractivity contribution in [2.75, 3.05) is 0 Å². The van der Waals surface area contributed by atoms with Crippen molar-refractivity contribution in [2.24, 2.45) is 11.7 Å². The summed E-state index contributed by atoms with van der Waals surface area (Å²) in [6, 6.07) is 7.48. The van der Waals surface area contributed by atoms with Crippen molar-refractivity contribution in [3.05, 3.63) is 40.7 Å². The summed E-state index contributed by atoms with van der Waals surface area (Å²) >= 11 is 7.55. The molecule has 0 radical (unpaired) electrons. The first-order chi connectivity index (χ1) is 9.08. The van der Waals surface area contributed by atoms with Crippen molar-refractivity contribution in [3.63, 3.8) is 0 Å². The Morgan fingerprint density at radius 2 is 2.05 bits per heavy atom. The zero-order valence-electron chi connectivity index (χ0n) is 10.8. The first-order valence-corrected chi connectivity index (χ1v) is 7.39. The van der Waals surface area contributed by atoms with Crippen LogP contribution < -0.4 is 5.73 Å². The molecule has 1 aromatic carbocycles. The Hall–Kier alpha value is -1.04. The molecule has 1 heterocycles. The van der Waals surface area contributed by atoms with Gasteiger partial charge in [-0.15, -0.1) is 10.2 Å². The summed E-state index contributed by atoms with van der Waals surface area (Å²) in [6.07, 6.45) is 0. The Kier molecular flexibility index (Phi) is 4.85. The SMILES string of the molecule is CC(C)C(N)c1nnc(SCc2ccccc2Cl)o1. The maximum absolute atomic E-state index is 6.09. The lowest BCUT2D eigenvalue weighted by atomic mass is 10.1. The van der Waals surface area contributed by atoms with Crippen LogP contribution in [0.25, 0.3) is 0 Å². The molecule has 0 spiro atoms. The number of benzene rings is 1. The van der Waals surface area contributed by atoms with Crippen molar-refractivity contribution in [1.82, 2.24) is 10.2 Å². The molecule has 0 bridgehead atoms. The fourth-order valence-corrected chi connectivity index (χ4v) is 2.51. The Morgan fingerprint density at radius 1 is 1.32 bits per heavy atom. The molecule has 2 rings (SSSR count). The van der Waals surface area contributed by atoms with Gasteiger partial charge >= 0.3 is 0 Å². The van der Waals surface area contributed by atoms with Gasteiger partial charge < -0.3 is 10.2 Å². The van der Waals surface area contributed by atoms with Crippen LogP contribution in [0.4, 0.5) is 0 Å². The standard InChI is InChI=1S/C13H16ClN3OS/c1-8(2)11(15)12-16-17-13(18-12)19-7-9-5-3-4-6-10(9)14/h3-6,8,11H,7,15H2,1-2H3. The van der Waals surface area contributed by atoms with Crippen LogP contribution >= 0.6 is 23.4 Å². The molecule has 4 nitrogen and oxygen atoms in total. The van der Waals surface area contributed by atoms with E-state index < -0.39 is 0 Å². The molecule has 6 heteroatoms. The number of hydrogen-bond acceptors (Lipinski definition) is 5. The van der Waals surface area contributed by atoms with Gasteiger partial charge in [0.15, 0.2) is 0 Å². The Labute approximate surface area is 121 Å². The van der Waals surface area contributed by atoms with E-state index in [0.29, 0.717) is 16.9 Å². The number of aromatic nitrogens is 2. The molecule has 1 aromatic heterocycles. The van der Waals surface area contributed by atoms with Crippen molar-refractivity contribution >= 4 is 23.4 Å². The molecule has 1 unspecified atom stereocenters. The molecule has 0 amide bonds. The van der Waals surface area contributed by atoms with Gasteiger partial charge in [-0.1, -0.05) is 55.4 Å². The smallest absolute Gasteiger partial charge is 0.276 e. The predicted octanol–water partition coefficient (Wildman–Crippen LogP) is 3.67. The molecule has 0 aliphatic rings. The average molecular weight is 298 g/mol. The van der Waals surface area contributed by atoms with Gasteiger partial charge in [0.25, 0.3) is 5.22 Å². The van der Waals surface area contributed by atoms with Crippen molar-refractivity contribution in [3.8, 4) is 0 Å². The van der Waals surface area contributed by atoms with E-state index in [1.165, 1.54) is 11.8 Å². The largest absolute Gasteiger partial charge is 0.414 e. The monoisotopic (exact) mass is 297 g/mol. The highest BCUT2D eigenvalue weighted by molar-refractivity contribution is 7.98. The summed E-state index contributed by atoms with van der Waals surface area (Å²) < 4.78 is 5.54. The fraction of sp³-hybridized carbons (Fsp3) is 0.385. The molecule has 0 saturated heterocycles. The van der Waals surface area contributed by atoms with Crippen LogP contribution in [-0.4, -0.2) is 10.2 Å². The molecule has 0 aliphatic carbocycles. The van der Waals surface area contributed by atoms with E-state index >= 15 is 0 Å². The number of rotatable bonds is 5. The number of thioether (sulfide) groups is 1. The van der Waals surface area contributed by atoms with E-state index in [2.05, 4.69) is 10.2 Å². The van der Waals surface area contributed by atoms with Gasteiger partial charge in [0.1, 0.15) is 0 Å². The van der Waals surface area contributed by atoms with E-state index in [4.69, 9.17) is 21.8 Å². The van der Waals surface area contributed by atoms with E-state index in [1.54, 1.807) is 0 Å². The van der Waals surface area contributed by atoms with E-state index in [9.17, 15) is 0 Å². The summed E-state index contributed by atoms with van der Waals surface area (Å²) in [7, 11) is 0. The summed E-state index contributed by atoms with van der Waals surface area (Å²) in [5, 5.41) is 9.23. The third kappa shape index (κ3) is 3.72. The van der Waals surface area contributed by atoms with Crippen molar-refractivity contribution in [1.29, 1.82) is 0 Å². The van der Waals surface area contributed by atoms with Crippen LogP contribution in [0.3, 0.4) is 0 Å². The van der Waals surface area contributed by atoms with Crippen LogP contribution in [0.1, 0.15) is 31.3 Å². The molecule has 1 atom stereocenters. The molecule has 19 heavy (non-hydrogen) atoms. The van der Waals surface area contributed by atoms with Gasteiger partial charge in [0.05, 0.1) is 6.04 Å². The molecular weight excluding hydrogens is 282 g/mol. The fourth-order valence-electron chi connectivity index (χ4n) is 1.45. The molecular formula is C13H16ClN3OS. The number of hydrogen-bond donors (Lipinski definition) is 1. The zero-order valence-corrected chi connectivity index (χ0v) is 12.4. The van der Waals surface area contributed by atoms with Gasteiger partial charge in [0, 0.05) is 10.8 Å². The van der Waals surface area contributed by atoms with Crippen LogP contribution in [0, 0.1) is 5.92 Å². The second-order valence-corrected chi connectivity index (χ2v) is 5.89. The molecule has 0 saturated carbocycles. The molecule has 2 N–H and O–H groups in total. The maximum Gasteiger partial charge on any atom is 0.276 e. The Bertz CT molecular complexity index is 544. The minimum Gasteiger partial charge on any atom is -0.414 e. The molecule has 2 aromatic rings. The second kappa shape index (κ2) is 6.41. The topological polar surface area (TPSA) is 64.9 Å². The van der Waals surface area contributed by atoms with Crippen molar-refractivity contribution in [2.45, 2.75) is 30.9 Å². The first kappa shape index (κ1) is 14.4. The highest BCUT2D eigenvalue weighted by Crippen LogP contribution is 2.27. The number of nitrogens with two attached hydrogens (primary N) is 1. The lowest BCUT2D eigenvalue weighted by Gasteiger charge is -2.09. The minimum atomic E-state index is -0.220. The minimum absolute atomic E-state index is 0.220. The van der Waals surface area contributed by atoms with E-state index in [-0.39, 0.29) is 12.0 Å². The summed E-state index contributed by atoms with van der Waals surface area (Å²) in [6.45, 7) is 4.04. The summed E-state index contributed by atoms with van der Waals surface area (Å²) in [5.74, 6) is 1.44. The quantitative estimate of drug-likeness (QED) is 0.853. The first-order valence-electron chi connectivity index (χ1n) is 6.03. The average Bonchev–Trinajstić information content (AvgIpc) is 2.85. The third-order valence-corrected chi connectivity index (χ3v) is 3.97.